The molecule has 0 spiro atoms. The van der Waals surface area contributed by atoms with Gasteiger partial charge in [-0.15, -0.1) is 23.2 Å². The predicted molar refractivity (Wildman–Crippen MR) is 243 cm³/mol. The lowest BCUT2D eigenvalue weighted by molar-refractivity contribution is -0.127. The Bertz CT molecular complexity index is 1760. The molecule has 14 nitrogen and oxygen atoms in total. The molecule has 8 atom stereocenters. The van der Waals surface area contributed by atoms with E-state index in [4.69, 9.17) is 33.7 Å². The second-order valence-corrected chi connectivity index (χ2v) is 17.8. The van der Waals surface area contributed by atoms with Crippen molar-refractivity contribution >= 4 is 47.2 Å². The number of nitrogens with two attached hydrogens (primary N) is 1. The Balaban J connectivity index is 0.000000336. The molecule has 62 heavy (non-hydrogen) atoms. The average molecular weight is 905 g/mol. The number of benzene rings is 3. The first-order valence-corrected chi connectivity index (χ1v) is 21.6. The van der Waals surface area contributed by atoms with Crippen LogP contribution in [0.4, 0.5) is 9.59 Å². The second kappa shape index (κ2) is 26.9. The summed E-state index contributed by atoms with van der Waals surface area (Å²) < 4.78 is 14.6. The monoisotopic (exact) mass is 903 g/mol. The summed E-state index contributed by atoms with van der Waals surface area (Å²) in [5.74, 6) is -0.455. The molecule has 3 aromatic rings. The number of aliphatic hydroxyl groups excluding tert-OH is 2. The fourth-order valence-electron chi connectivity index (χ4n) is 6.06. The highest BCUT2D eigenvalue weighted by atomic mass is 35.5. The Morgan fingerprint density at radius 2 is 1.02 bits per heavy atom. The molecule has 0 aliphatic carbocycles. The molecule has 4 amide bonds. The van der Waals surface area contributed by atoms with Gasteiger partial charge in [-0.2, -0.15) is 0 Å². The zero-order valence-corrected chi connectivity index (χ0v) is 38.6. The summed E-state index contributed by atoms with van der Waals surface area (Å²) in [7, 11) is 2.52. The third-order valence-corrected chi connectivity index (χ3v) is 10.4. The number of hydrogen-bond donors (Lipinski definition) is 7. The molecule has 8 N–H and O–H groups in total. The van der Waals surface area contributed by atoms with Gasteiger partial charge in [0.15, 0.2) is 0 Å². The van der Waals surface area contributed by atoms with Gasteiger partial charge in [-0.25, -0.2) is 9.59 Å². The second-order valence-electron chi connectivity index (χ2n) is 17.1. The lowest BCUT2D eigenvalue weighted by atomic mass is 9.86. The Labute approximate surface area is 376 Å². The summed E-state index contributed by atoms with van der Waals surface area (Å²) >= 11 is 11.3. The molecule has 16 heteroatoms. The van der Waals surface area contributed by atoms with E-state index in [1.807, 2.05) is 133 Å². The number of nitrogens with one attached hydrogen (secondary N) is 4. The molecule has 0 bridgehead atoms. The molecule has 1 heterocycles. The maximum Gasteiger partial charge on any atom is 0.407 e. The smallest absolute Gasteiger partial charge is 0.407 e. The van der Waals surface area contributed by atoms with Crippen molar-refractivity contribution in [2.24, 2.45) is 16.6 Å². The van der Waals surface area contributed by atoms with Crippen LogP contribution in [0.5, 0.6) is 0 Å². The maximum atomic E-state index is 12.7. The van der Waals surface area contributed by atoms with Crippen LogP contribution in [-0.2, 0) is 43.1 Å². The van der Waals surface area contributed by atoms with Crippen LogP contribution >= 0.6 is 23.2 Å². The van der Waals surface area contributed by atoms with Crippen LogP contribution in [0.3, 0.4) is 0 Å². The van der Waals surface area contributed by atoms with E-state index in [-0.39, 0.29) is 35.9 Å². The Morgan fingerprint density at radius 3 is 1.37 bits per heavy atom. The van der Waals surface area contributed by atoms with Crippen LogP contribution in [-0.4, -0.2) is 115 Å². The Kier molecular flexibility index (Phi) is 23.3. The molecule has 1 saturated heterocycles. The summed E-state index contributed by atoms with van der Waals surface area (Å²) in [6, 6.07) is 26.8. The standard InChI is InChI=1S/C18H27ClN2O4.C18H26N2O4.C10H14ClNO/c1-18(2,3)15(21-17(24)25-4)16(23)20-13(14(22)11-19)10-12-8-6-5-7-9-12;1-18(2,3)15(20-17(22)23-4)16(21)19-13(14-11-24-14)10-12-8-6-5-7-9-12;11-7-10(13)9(12)6-8-4-2-1-3-5-8/h5-9,13-15,22H,10-11H2,1-4H3,(H,20,23)(H,21,24);5-9,13-15H,10-11H2,1-4H3,(H,19,21)(H,20,22);1-5,9-10,13H,6-7,12H2/t2*13?,14-,15+;9?,10-/m000/s1. The van der Waals surface area contributed by atoms with Gasteiger partial charge in [0.1, 0.15) is 18.2 Å². The number of amides is 4. The van der Waals surface area contributed by atoms with Crippen LogP contribution in [0, 0.1) is 10.8 Å². The van der Waals surface area contributed by atoms with Crippen molar-refractivity contribution in [3.8, 4) is 0 Å². The fraction of sp³-hybridized carbons (Fsp3) is 0.522. The van der Waals surface area contributed by atoms with Crippen LogP contribution in [0.25, 0.3) is 0 Å². The highest BCUT2D eigenvalue weighted by Gasteiger charge is 2.39. The minimum absolute atomic E-state index is 0.0115. The van der Waals surface area contributed by atoms with Gasteiger partial charge in [-0.05, 0) is 46.8 Å². The van der Waals surface area contributed by atoms with E-state index >= 15 is 0 Å². The van der Waals surface area contributed by atoms with Crippen molar-refractivity contribution in [3.63, 3.8) is 0 Å². The van der Waals surface area contributed by atoms with Crippen LogP contribution in [0.1, 0.15) is 58.2 Å². The zero-order chi connectivity index (χ0) is 46.5. The summed E-state index contributed by atoms with van der Waals surface area (Å²) in [5.41, 5.74) is 7.96. The number of ether oxygens (including phenoxy) is 3. The molecule has 344 valence electrons. The number of alkyl halides is 2. The van der Waals surface area contributed by atoms with Gasteiger partial charge in [-0.3, -0.25) is 9.59 Å². The third-order valence-electron chi connectivity index (χ3n) is 9.80. The van der Waals surface area contributed by atoms with Gasteiger partial charge < -0.3 is 51.4 Å². The van der Waals surface area contributed by atoms with Crippen molar-refractivity contribution in [3.05, 3.63) is 108 Å². The topological polar surface area (TPSA) is 214 Å². The normalized spacial score (nSPS) is 16.6. The minimum atomic E-state index is -0.912. The number of methoxy groups -OCH3 is 2. The van der Waals surface area contributed by atoms with Gasteiger partial charge >= 0.3 is 12.2 Å². The predicted octanol–water partition coefficient (Wildman–Crippen LogP) is 5.12. The van der Waals surface area contributed by atoms with Crippen LogP contribution in [0.15, 0.2) is 91.0 Å². The van der Waals surface area contributed by atoms with Crippen LogP contribution in [0.2, 0.25) is 0 Å². The first-order chi connectivity index (χ1) is 29.2. The number of aliphatic hydroxyl groups is 2. The van der Waals surface area contributed by atoms with Crippen molar-refractivity contribution in [1.82, 2.24) is 21.3 Å². The lowest BCUT2D eigenvalue weighted by Crippen LogP contribution is -2.57. The third kappa shape index (κ3) is 20.2. The van der Waals surface area contributed by atoms with E-state index in [1.54, 1.807) is 0 Å². The largest absolute Gasteiger partial charge is 0.453 e. The molecule has 0 saturated carbocycles. The van der Waals surface area contributed by atoms with E-state index in [1.165, 1.54) is 14.2 Å². The highest BCUT2D eigenvalue weighted by Crippen LogP contribution is 2.23. The number of halogens is 2. The van der Waals surface area contributed by atoms with Crippen LogP contribution < -0.4 is 27.0 Å². The molecule has 0 aromatic heterocycles. The van der Waals surface area contributed by atoms with E-state index in [2.05, 4.69) is 30.7 Å². The first-order valence-electron chi connectivity index (χ1n) is 20.5. The number of carbonyl (C=O) groups excluding carboxylic acids is 4. The van der Waals surface area contributed by atoms with E-state index in [0.717, 1.165) is 16.7 Å². The highest BCUT2D eigenvalue weighted by molar-refractivity contribution is 6.18. The van der Waals surface area contributed by atoms with Crippen molar-refractivity contribution in [1.29, 1.82) is 0 Å². The number of epoxide rings is 1. The van der Waals surface area contributed by atoms with Gasteiger partial charge in [-0.1, -0.05) is 133 Å². The SMILES string of the molecule is COC(=O)N[C@H](C(=O)NC(Cc1ccccc1)[C@@H](O)CCl)C(C)(C)C.COC(=O)N[C@H](C(=O)NC(Cc1ccccc1)[C@@H]1CO1)C(C)(C)C.NC(Cc1ccccc1)[C@@H](O)CCl. The quantitative estimate of drug-likeness (QED) is 0.0702. The van der Waals surface area contributed by atoms with Gasteiger partial charge in [0.25, 0.3) is 0 Å². The molecule has 1 aliphatic rings. The lowest BCUT2D eigenvalue weighted by Gasteiger charge is -2.32. The van der Waals surface area contributed by atoms with E-state index in [9.17, 15) is 29.4 Å². The summed E-state index contributed by atoms with van der Waals surface area (Å²) in [6.07, 6.45) is -1.05. The molecule has 0 radical (unpaired) electrons. The van der Waals surface area contributed by atoms with Gasteiger partial charge in [0.2, 0.25) is 11.8 Å². The average Bonchev–Trinajstić information content (AvgIpc) is 4.10. The Morgan fingerprint density at radius 1 is 0.645 bits per heavy atom. The summed E-state index contributed by atoms with van der Waals surface area (Å²) in [5, 5.41) is 30.5. The number of carbonyl (C=O) groups is 4. The molecule has 3 aromatic carbocycles. The molecular weight excluding hydrogens is 837 g/mol. The van der Waals surface area contributed by atoms with Gasteiger partial charge in [0.05, 0.1) is 51.0 Å². The number of rotatable bonds is 17. The summed E-state index contributed by atoms with van der Waals surface area (Å²) in [4.78, 5) is 48.6. The zero-order valence-electron chi connectivity index (χ0n) is 37.1. The molecule has 1 aliphatic heterocycles. The molecule has 4 rings (SSSR count). The maximum absolute atomic E-state index is 12.7. The van der Waals surface area contributed by atoms with E-state index < -0.39 is 59.3 Å². The Hall–Kier alpha value is -4.44. The number of alkyl carbamates (subject to hydrolysis) is 2. The molecular formula is C46H67Cl2N5O9. The minimum Gasteiger partial charge on any atom is -0.453 e. The van der Waals surface area contributed by atoms with E-state index in [0.29, 0.717) is 25.9 Å². The van der Waals surface area contributed by atoms with Crippen molar-refractivity contribution < 1.29 is 43.6 Å². The van der Waals surface area contributed by atoms with Crippen molar-refractivity contribution in [2.75, 3.05) is 32.6 Å². The molecule has 1 fully saturated rings. The van der Waals surface area contributed by atoms with Crippen molar-refractivity contribution in [2.45, 2.75) is 109 Å². The van der Waals surface area contributed by atoms with Gasteiger partial charge in [0, 0.05) is 11.9 Å². The first kappa shape index (κ1) is 53.7. The summed E-state index contributed by atoms with van der Waals surface area (Å²) in [6.45, 7) is 11.8. The number of hydrogen-bond acceptors (Lipinski definition) is 10. The fourth-order valence-corrected chi connectivity index (χ4v) is 6.51. The molecule has 3 unspecified atom stereocenters.